The van der Waals surface area contributed by atoms with Crippen LogP contribution < -0.4 is 9.47 Å². The van der Waals surface area contributed by atoms with Gasteiger partial charge in [0.1, 0.15) is 0 Å². The normalized spacial score (nSPS) is 15.4. The van der Waals surface area contributed by atoms with Crippen molar-refractivity contribution in [1.82, 2.24) is 14.1 Å². The summed E-state index contributed by atoms with van der Waals surface area (Å²) in [4.78, 5) is 17.6. The zero-order valence-electron chi connectivity index (χ0n) is 20.7. The van der Waals surface area contributed by atoms with Gasteiger partial charge in [-0.25, -0.2) is 12.7 Å². The monoisotopic (exact) mass is 489 g/mol. The van der Waals surface area contributed by atoms with Crippen molar-refractivity contribution >= 4 is 15.9 Å². The average molecular weight is 490 g/mol. The van der Waals surface area contributed by atoms with Gasteiger partial charge in [-0.05, 0) is 30.0 Å². The van der Waals surface area contributed by atoms with Crippen molar-refractivity contribution in [2.45, 2.75) is 36.7 Å². The molecular formula is C25H35N3O5S. The molecule has 34 heavy (non-hydrogen) atoms. The van der Waals surface area contributed by atoms with E-state index in [9.17, 15) is 13.2 Å². The number of amides is 1. The Morgan fingerprint density at radius 2 is 1.59 bits per heavy atom. The zero-order valence-corrected chi connectivity index (χ0v) is 21.5. The van der Waals surface area contributed by atoms with Gasteiger partial charge in [-0.15, -0.1) is 0 Å². The molecule has 2 aromatic rings. The second-order valence-corrected chi connectivity index (χ2v) is 10.8. The quantitative estimate of drug-likeness (QED) is 0.511. The minimum Gasteiger partial charge on any atom is -0.493 e. The lowest BCUT2D eigenvalue weighted by molar-refractivity contribution is -0.134. The predicted molar refractivity (Wildman–Crippen MR) is 132 cm³/mol. The van der Waals surface area contributed by atoms with Crippen LogP contribution in [0.1, 0.15) is 24.0 Å². The van der Waals surface area contributed by atoms with E-state index >= 15 is 0 Å². The van der Waals surface area contributed by atoms with Crippen LogP contribution in [0.3, 0.4) is 0 Å². The lowest BCUT2D eigenvalue weighted by Gasteiger charge is -2.36. The van der Waals surface area contributed by atoms with Crippen molar-refractivity contribution in [1.29, 1.82) is 0 Å². The van der Waals surface area contributed by atoms with Crippen LogP contribution >= 0.6 is 0 Å². The topological polar surface area (TPSA) is 79.4 Å². The van der Waals surface area contributed by atoms with E-state index in [1.54, 1.807) is 18.0 Å². The van der Waals surface area contributed by atoms with Gasteiger partial charge < -0.3 is 14.4 Å². The molecule has 1 aliphatic heterocycles. The number of carbonyl (C=O) groups excluding carboxylic acids is 1. The van der Waals surface area contributed by atoms with Crippen molar-refractivity contribution in [2.75, 3.05) is 48.5 Å². The summed E-state index contributed by atoms with van der Waals surface area (Å²) in [6.45, 7) is 1.87. The maximum absolute atomic E-state index is 13.5. The fraction of sp³-hybridized carbons (Fsp3) is 0.480. The number of rotatable bonds is 10. The van der Waals surface area contributed by atoms with Crippen molar-refractivity contribution < 1.29 is 22.7 Å². The first-order valence-electron chi connectivity index (χ1n) is 11.4. The second-order valence-electron chi connectivity index (χ2n) is 8.70. The van der Waals surface area contributed by atoms with E-state index in [-0.39, 0.29) is 23.4 Å². The molecule has 186 valence electrons. The predicted octanol–water partition coefficient (Wildman–Crippen LogP) is 2.62. The molecule has 2 aromatic carbocycles. The van der Waals surface area contributed by atoms with Crippen LogP contribution in [0, 0.1) is 0 Å². The number of methoxy groups -OCH3 is 2. The molecule has 1 fully saturated rings. The van der Waals surface area contributed by atoms with Crippen LogP contribution in [-0.2, 0) is 27.7 Å². The van der Waals surface area contributed by atoms with E-state index in [1.807, 2.05) is 18.2 Å². The molecular weight excluding hydrogens is 454 g/mol. The van der Waals surface area contributed by atoms with E-state index in [0.29, 0.717) is 23.5 Å². The first-order valence-corrected chi connectivity index (χ1v) is 12.8. The lowest BCUT2D eigenvalue weighted by Crippen LogP contribution is -2.49. The van der Waals surface area contributed by atoms with Gasteiger partial charge >= 0.3 is 0 Å². The summed E-state index contributed by atoms with van der Waals surface area (Å²) in [5.74, 6) is 0.521. The van der Waals surface area contributed by atoms with Crippen molar-refractivity contribution in [3.8, 4) is 11.5 Å². The molecule has 0 spiro atoms. The molecule has 1 atom stereocenters. The van der Waals surface area contributed by atoms with Crippen LogP contribution in [0.25, 0.3) is 0 Å². The largest absolute Gasteiger partial charge is 0.493 e. The standard InChI is InChI=1S/C25H35N3O5S/c1-26(2)34(30,31)23-18-22(33-5)21(32-4)16-20(23)17-25(29)27(3)24(28-13-9-10-14-28)15-19-11-7-6-8-12-19/h6-8,11-12,16,18,24H,9-10,13-15,17H2,1-5H3/t24-/m1/s1. The van der Waals surface area contributed by atoms with E-state index in [2.05, 4.69) is 17.0 Å². The third-order valence-electron chi connectivity index (χ3n) is 6.33. The highest BCUT2D eigenvalue weighted by Crippen LogP contribution is 2.34. The number of likely N-dealkylation sites (N-methyl/N-ethyl adjacent to an activating group) is 1. The number of likely N-dealkylation sites (tertiary alicyclic amines) is 1. The van der Waals surface area contributed by atoms with Gasteiger partial charge in [-0.2, -0.15) is 0 Å². The Balaban J connectivity index is 1.94. The minimum atomic E-state index is -3.80. The maximum Gasteiger partial charge on any atom is 0.242 e. The fourth-order valence-corrected chi connectivity index (χ4v) is 5.42. The second kappa shape index (κ2) is 11.2. The molecule has 9 heteroatoms. The van der Waals surface area contributed by atoms with Crippen LogP contribution in [0.5, 0.6) is 11.5 Å². The highest BCUT2D eigenvalue weighted by molar-refractivity contribution is 7.89. The summed E-state index contributed by atoms with van der Waals surface area (Å²) in [6, 6.07) is 13.1. The first kappa shape index (κ1) is 26.0. The van der Waals surface area contributed by atoms with Crippen molar-refractivity contribution in [2.24, 2.45) is 0 Å². The molecule has 1 aliphatic rings. The molecule has 0 radical (unpaired) electrons. The smallest absolute Gasteiger partial charge is 0.242 e. The van der Waals surface area contributed by atoms with Gasteiger partial charge in [-0.1, -0.05) is 30.3 Å². The van der Waals surface area contributed by atoms with Crippen LogP contribution in [0.15, 0.2) is 47.4 Å². The Bertz CT molecular complexity index is 1080. The van der Waals surface area contributed by atoms with Crippen LogP contribution in [0.2, 0.25) is 0 Å². The Labute approximate surface area is 203 Å². The maximum atomic E-state index is 13.5. The van der Waals surface area contributed by atoms with Gasteiger partial charge in [0.2, 0.25) is 15.9 Å². The number of ether oxygens (including phenoxy) is 2. The van der Waals surface area contributed by atoms with E-state index in [0.717, 1.165) is 35.8 Å². The summed E-state index contributed by atoms with van der Waals surface area (Å²) >= 11 is 0. The molecule has 0 unspecified atom stereocenters. The zero-order chi connectivity index (χ0) is 24.9. The molecule has 8 nitrogen and oxygen atoms in total. The third-order valence-corrected chi connectivity index (χ3v) is 8.23. The fourth-order valence-electron chi connectivity index (χ4n) is 4.31. The summed E-state index contributed by atoms with van der Waals surface area (Å²) in [5.41, 5.74) is 1.53. The molecule has 0 saturated carbocycles. The Morgan fingerprint density at radius 1 is 1.00 bits per heavy atom. The molecule has 0 aromatic heterocycles. The number of nitrogens with zero attached hydrogens (tertiary/aromatic N) is 3. The molecule has 1 heterocycles. The van der Waals surface area contributed by atoms with Gasteiger partial charge in [0.15, 0.2) is 11.5 Å². The minimum absolute atomic E-state index is 0.0395. The van der Waals surface area contributed by atoms with Crippen molar-refractivity contribution in [3.63, 3.8) is 0 Å². The third kappa shape index (κ3) is 5.71. The van der Waals surface area contributed by atoms with Crippen molar-refractivity contribution in [3.05, 3.63) is 53.6 Å². The highest BCUT2D eigenvalue weighted by Gasteiger charge is 2.31. The van der Waals surface area contributed by atoms with Gasteiger partial charge in [-0.3, -0.25) is 9.69 Å². The van der Waals surface area contributed by atoms with Gasteiger partial charge in [0.05, 0.1) is 31.7 Å². The first-order chi connectivity index (χ1) is 16.2. The SMILES string of the molecule is COc1cc(CC(=O)N(C)[C@@H](Cc2ccccc2)N2CCCC2)c(S(=O)(=O)N(C)C)cc1OC. The molecule has 0 aliphatic carbocycles. The number of hydrogen-bond donors (Lipinski definition) is 0. The molecule has 1 amide bonds. The highest BCUT2D eigenvalue weighted by atomic mass is 32.2. The number of sulfonamides is 1. The van der Waals surface area contributed by atoms with Gasteiger partial charge in [0, 0.05) is 46.7 Å². The Morgan fingerprint density at radius 3 is 2.15 bits per heavy atom. The van der Waals surface area contributed by atoms with Crippen LogP contribution in [0.4, 0.5) is 0 Å². The molecule has 0 bridgehead atoms. The Hall–Kier alpha value is -2.62. The summed E-state index contributed by atoms with van der Waals surface area (Å²) in [6.07, 6.45) is 2.74. The van der Waals surface area contributed by atoms with E-state index in [1.165, 1.54) is 34.4 Å². The average Bonchev–Trinajstić information content (AvgIpc) is 3.36. The molecule has 3 rings (SSSR count). The molecule has 1 saturated heterocycles. The summed E-state index contributed by atoms with van der Waals surface area (Å²) in [7, 11) is 3.86. The van der Waals surface area contributed by atoms with Crippen LogP contribution in [-0.4, -0.2) is 83.0 Å². The summed E-state index contributed by atoms with van der Waals surface area (Å²) in [5, 5.41) is 0. The van der Waals surface area contributed by atoms with E-state index in [4.69, 9.17) is 9.47 Å². The van der Waals surface area contributed by atoms with E-state index < -0.39 is 10.0 Å². The number of carbonyl (C=O) groups is 1. The number of hydrogen-bond acceptors (Lipinski definition) is 6. The Kier molecular flexibility index (Phi) is 8.57. The lowest BCUT2D eigenvalue weighted by atomic mass is 10.1. The number of benzene rings is 2. The molecule has 0 N–H and O–H groups in total. The van der Waals surface area contributed by atoms with Gasteiger partial charge in [0.25, 0.3) is 0 Å². The summed E-state index contributed by atoms with van der Waals surface area (Å²) < 4.78 is 37.9.